The molecule has 0 bridgehead atoms. The zero-order valence-corrected chi connectivity index (χ0v) is 12.3. The van der Waals surface area contributed by atoms with E-state index in [4.69, 9.17) is 0 Å². The van der Waals surface area contributed by atoms with E-state index in [2.05, 4.69) is 0 Å². The first-order valence-corrected chi connectivity index (χ1v) is 8.01. The highest BCUT2D eigenvalue weighted by Gasteiger charge is 2.30. The van der Waals surface area contributed by atoms with Crippen LogP contribution in [0.2, 0.25) is 0 Å². The molecule has 0 aliphatic carbocycles. The van der Waals surface area contributed by atoms with Crippen LogP contribution in [-0.2, 0) is 9.84 Å². The Labute approximate surface area is 119 Å². The summed E-state index contributed by atoms with van der Waals surface area (Å²) in [6.07, 6.45) is -1.04. The molecule has 2 rings (SSSR count). The summed E-state index contributed by atoms with van der Waals surface area (Å²) in [6.45, 7) is 3.48. The first-order chi connectivity index (χ1) is 9.43. The van der Waals surface area contributed by atoms with E-state index in [1.165, 1.54) is 6.92 Å². The maximum absolute atomic E-state index is 12.5. The van der Waals surface area contributed by atoms with E-state index in [9.17, 15) is 13.5 Å². The van der Waals surface area contributed by atoms with Gasteiger partial charge < -0.3 is 5.11 Å². The summed E-state index contributed by atoms with van der Waals surface area (Å²) in [7, 11) is -3.55. The highest BCUT2D eigenvalue weighted by Crippen LogP contribution is 2.26. The van der Waals surface area contributed by atoms with Gasteiger partial charge in [0, 0.05) is 0 Å². The fraction of sp³-hybridized carbons (Fsp3) is 0.250. The molecule has 0 heterocycles. The van der Waals surface area contributed by atoms with Crippen LogP contribution in [-0.4, -0.2) is 18.8 Å². The molecule has 0 aliphatic rings. The first-order valence-electron chi connectivity index (χ1n) is 6.46. The number of benzene rings is 2. The van der Waals surface area contributed by atoms with Gasteiger partial charge in [-0.05, 0) is 31.5 Å². The second kappa shape index (κ2) is 5.77. The maximum Gasteiger partial charge on any atom is 0.183 e. The summed E-state index contributed by atoms with van der Waals surface area (Å²) in [6, 6.07) is 15.5. The quantitative estimate of drug-likeness (QED) is 0.942. The molecular formula is C16H18O3S. The van der Waals surface area contributed by atoms with Crippen LogP contribution < -0.4 is 0 Å². The lowest BCUT2D eigenvalue weighted by Crippen LogP contribution is -2.25. The Morgan fingerprint density at radius 3 is 2.05 bits per heavy atom. The van der Waals surface area contributed by atoms with Crippen LogP contribution in [0.4, 0.5) is 0 Å². The smallest absolute Gasteiger partial charge is 0.183 e. The van der Waals surface area contributed by atoms with Gasteiger partial charge in [0.15, 0.2) is 9.84 Å². The predicted molar refractivity (Wildman–Crippen MR) is 79.2 cm³/mol. The Bertz CT molecular complexity index is 661. The van der Waals surface area contributed by atoms with Gasteiger partial charge in [-0.2, -0.15) is 0 Å². The molecular weight excluding hydrogens is 272 g/mol. The lowest BCUT2D eigenvalue weighted by atomic mass is 10.1. The van der Waals surface area contributed by atoms with Gasteiger partial charge in [-0.3, -0.25) is 0 Å². The van der Waals surface area contributed by atoms with Crippen molar-refractivity contribution in [2.24, 2.45) is 0 Å². The molecule has 0 amide bonds. The Morgan fingerprint density at radius 2 is 1.50 bits per heavy atom. The highest BCUT2D eigenvalue weighted by molar-refractivity contribution is 7.92. The third kappa shape index (κ3) is 2.92. The fourth-order valence-electron chi connectivity index (χ4n) is 2.03. The Balaban J connectivity index is 2.31. The van der Waals surface area contributed by atoms with Crippen molar-refractivity contribution < 1.29 is 13.5 Å². The molecule has 0 fully saturated rings. The van der Waals surface area contributed by atoms with Crippen molar-refractivity contribution in [3.8, 4) is 0 Å². The van der Waals surface area contributed by atoms with Gasteiger partial charge in [0.25, 0.3) is 0 Å². The lowest BCUT2D eigenvalue weighted by molar-refractivity contribution is 0.176. The van der Waals surface area contributed by atoms with Crippen molar-refractivity contribution in [1.82, 2.24) is 0 Å². The minimum absolute atomic E-state index is 0.235. The van der Waals surface area contributed by atoms with Crippen LogP contribution in [0.1, 0.15) is 24.2 Å². The standard InChI is InChI=1S/C16H18O3S/c1-12-8-10-14(11-9-12)16(17)13(2)20(18,19)15-6-4-3-5-7-15/h3-11,13,16-17H,1-2H3. The van der Waals surface area contributed by atoms with Gasteiger partial charge in [0.05, 0.1) is 16.2 Å². The Hall–Kier alpha value is -1.65. The average Bonchev–Trinajstić information content (AvgIpc) is 2.47. The molecule has 106 valence electrons. The summed E-state index contributed by atoms with van der Waals surface area (Å²) in [5, 5.41) is 9.40. The molecule has 2 unspecified atom stereocenters. The number of rotatable bonds is 4. The second-order valence-electron chi connectivity index (χ2n) is 4.92. The monoisotopic (exact) mass is 290 g/mol. The van der Waals surface area contributed by atoms with E-state index in [1.54, 1.807) is 42.5 Å². The molecule has 0 saturated heterocycles. The van der Waals surface area contributed by atoms with E-state index in [-0.39, 0.29) is 4.90 Å². The summed E-state index contributed by atoms with van der Waals surface area (Å²) < 4.78 is 24.9. The minimum Gasteiger partial charge on any atom is -0.387 e. The van der Waals surface area contributed by atoms with Gasteiger partial charge in [0.2, 0.25) is 0 Å². The molecule has 1 N–H and O–H groups in total. The summed E-state index contributed by atoms with van der Waals surface area (Å²) >= 11 is 0. The molecule has 0 aliphatic heterocycles. The van der Waals surface area contributed by atoms with Crippen LogP contribution in [0.5, 0.6) is 0 Å². The Morgan fingerprint density at radius 1 is 0.950 bits per heavy atom. The number of sulfone groups is 1. The number of hydrogen-bond acceptors (Lipinski definition) is 3. The maximum atomic E-state index is 12.5. The molecule has 4 heteroatoms. The van der Waals surface area contributed by atoms with Gasteiger partial charge in [-0.25, -0.2) is 8.42 Å². The van der Waals surface area contributed by atoms with Gasteiger partial charge in [-0.1, -0.05) is 48.0 Å². The van der Waals surface area contributed by atoms with Gasteiger partial charge >= 0.3 is 0 Å². The largest absolute Gasteiger partial charge is 0.387 e. The summed E-state index contributed by atoms with van der Waals surface area (Å²) in [4.78, 5) is 0.235. The number of aliphatic hydroxyl groups is 1. The summed E-state index contributed by atoms with van der Waals surface area (Å²) in [5.41, 5.74) is 1.68. The topological polar surface area (TPSA) is 54.4 Å². The summed E-state index contributed by atoms with van der Waals surface area (Å²) in [5.74, 6) is 0. The molecule has 3 nitrogen and oxygen atoms in total. The predicted octanol–water partition coefficient (Wildman–Crippen LogP) is 2.89. The number of aryl methyl sites for hydroxylation is 1. The normalized spacial score (nSPS) is 14.8. The van der Waals surface area contributed by atoms with Crippen LogP contribution in [0.15, 0.2) is 59.5 Å². The van der Waals surface area contributed by atoms with Crippen molar-refractivity contribution in [2.45, 2.75) is 30.1 Å². The molecule has 0 spiro atoms. The third-order valence-corrected chi connectivity index (χ3v) is 5.59. The van der Waals surface area contributed by atoms with Crippen molar-refractivity contribution in [2.75, 3.05) is 0 Å². The first kappa shape index (κ1) is 14.8. The fourth-order valence-corrected chi connectivity index (χ4v) is 3.49. The number of aliphatic hydroxyl groups excluding tert-OH is 1. The van der Waals surface area contributed by atoms with Crippen LogP contribution in [0.25, 0.3) is 0 Å². The van der Waals surface area contributed by atoms with Crippen molar-refractivity contribution in [1.29, 1.82) is 0 Å². The van der Waals surface area contributed by atoms with Gasteiger partial charge in [0.1, 0.15) is 0 Å². The van der Waals surface area contributed by atoms with E-state index in [0.717, 1.165) is 5.56 Å². The van der Waals surface area contributed by atoms with Crippen LogP contribution >= 0.6 is 0 Å². The second-order valence-corrected chi connectivity index (χ2v) is 7.22. The zero-order chi connectivity index (χ0) is 14.8. The van der Waals surface area contributed by atoms with Crippen molar-refractivity contribution in [3.63, 3.8) is 0 Å². The Kier molecular flexibility index (Phi) is 4.26. The van der Waals surface area contributed by atoms with Gasteiger partial charge in [-0.15, -0.1) is 0 Å². The zero-order valence-electron chi connectivity index (χ0n) is 11.5. The van der Waals surface area contributed by atoms with Crippen LogP contribution in [0, 0.1) is 6.92 Å². The molecule has 0 aromatic heterocycles. The molecule has 0 radical (unpaired) electrons. The molecule has 2 atom stereocenters. The van der Waals surface area contributed by atoms with Crippen molar-refractivity contribution >= 4 is 9.84 Å². The van der Waals surface area contributed by atoms with E-state index in [0.29, 0.717) is 5.56 Å². The van der Waals surface area contributed by atoms with E-state index in [1.807, 2.05) is 19.1 Å². The van der Waals surface area contributed by atoms with Crippen LogP contribution in [0.3, 0.4) is 0 Å². The molecule has 20 heavy (non-hydrogen) atoms. The lowest BCUT2D eigenvalue weighted by Gasteiger charge is -2.20. The third-order valence-electron chi connectivity index (χ3n) is 3.42. The van der Waals surface area contributed by atoms with E-state index < -0.39 is 21.2 Å². The minimum atomic E-state index is -3.55. The van der Waals surface area contributed by atoms with Crippen molar-refractivity contribution in [3.05, 3.63) is 65.7 Å². The van der Waals surface area contributed by atoms with E-state index >= 15 is 0 Å². The molecule has 2 aromatic carbocycles. The number of hydrogen-bond donors (Lipinski definition) is 1. The average molecular weight is 290 g/mol. The highest BCUT2D eigenvalue weighted by atomic mass is 32.2. The molecule has 0 saturated carbocycles. The SMILES string of the molecule is Cc1ccc(C(O)C(C)S(=O)(=O)c2ccccc2)cc1. The molecule has 2 aromatic rings.